The van der Waals surface area contributed by atoms with Gasteiger partial charge in [0.05, 0.1) is 12.2 Å². The van der Waals surface area contributed by atoms with Crippen LogP contribution in [0.25, 0.3) is 0 Å². The number of rotatable bonds is 3. The fraction of sp³-hybridized carbons (Fsp3) is 1.00. The Kier molecular flexibility index (Phi) is 4.28. The summed E-state index contributed by atoms with van der Waals surface area (Å²) in [5, 5.41) is 0. The number of nitrogens with zero attached hydrogens (tertiary/aromatic N) is 1. The third-order valence-corrected chi connectivity index (χ3v) is 5.17. The molecule has 0 aromatic rings. The van der Waals surface area contributed by atoms with Gasteiger partial charge in [0, 0.05) is 25.2 Å². The topological polar surface area (TPSA) is 84.7 Å². The molecule has 0 amide bonds. The summed E-state index contributed by atoms with van der Waals surface area (Å²) < 4.78 is 34.3. The zero-order valence-electron chi connectivity index (χ0n) is 11.0. The molecular formula is C11H23N3O3S. The van der Waals surface area contributed by atoms with E-state index in [4.69, 9.17) is 10.5 Å². The van der Waals surface area contributed by atoms with E-state index in [9.17, 15) is 8.42 Å². The van der Waals surface area contributed by atoms with E-state index in [1.807, 2.05) is 13.8 Å². The molecular weight excluding hydrogens is 254 g/mol. The van der Waals surface area contributed by atoms with Crippen LogP contribution in [0.5, 0.6) is 0 Å². The first kappa shape index (κ1) is 14.2. The number of hydrogen-bond donors (Lipinski definition) is 2. The molecule has 1 aliphatic heterocycles. The van der Waals surface area contributed by atoms with Crippen molar-refractivity contribution in [2.75, 3.05) is 13.1 Å². The maximum atomic E-state index is 12.3. The summed E-state index contributed by atoms with van der Waals surface area (Å²) in [5.74, 6) is 0. The summed E-state index contributed by atoms with van der Waals surface area (Å²) in [5.41, 5.74) is 5.90. The minimum atomic E-state index is -3.44. The van der Waals surface area contributed by atoms with Gasteiger partial charge in [0.2, 0.25) is 0 Å². The zero-order chi connectivity index (χ0) is 13.3. The molecule has 2 rings (SSSR count). The summed E-state index contributed by atoms with van der Waals surface area (Å²) in [6, 6.07) is -0.181. The van der Waals surface area contributed by atoms with E-state index in [0.717, 1.165) is 19.3 Å². The van der Waals surface area contributed by atoms with Crippen molar-refractivity contribution in [2.24, 2.45) is 5.73 Å². The van der Waals surface area contributed by atoms with Crippen LogP contribution >= 0.6 is 0 Å². The van der Waals surface area contributed by atoms with Crippen molar-refractivity contribution in [1.82, 2.24) is 9.03 Å². The molecule has 18 heavy (non-hydrogen) atoms. The molecule has 3 N–H and O–H groups in total. The predicted octanol–water partition coefficient (Wildman–Crippen LogP) is -0.190. The number of nitrogens with two attached hydrogens (primary N) is 1. The molecule has 7 heteroatoms. The van der Waals surface area contributed by atoms with Gasteiger partial charge in [0.1, 0.15) is 0 Å². The van der Waals surface area contributed by atoms with E-state index < -0.39 is 10.2 Å². The smallest absolute Gasteiger partial charge is 0.279 e. The second-order valence-electron chi connectivity index (χ2n) is 5.40. The van der Waals surface area contributed by atoms with Gasteiger partial charge in [-0.3, -0.25) is 0 Å². The Balaban J connectivity index is 2.01. The zero-order valence-corrected chi connectivity index (χ0v) is 11.8. The Bertz CT molecular complexity index is 377. The fourth-order valence-electron chi connectivity index (χ4n) is 2.73. The van der Waals surface area contributed by atoms with E-state index in [2.05, 4.69) is 4.72 Å². The van der Waals surface area contributed by atoms with Gasteiger partial charge in [-0.05, 0) is 26.7 Å². The minimum Gasteiger partial charge on any atom is -0.373 e. The lowest BCUT2D eigenvalue weighted by atomic mass is 10.2. The highest BCUT2D eigenvalue weighted by Gasteiger charge is 2.34. The molecule has 0 aromatic heterocycles. The Morgan fingerprint density at radius 3 is 2.33 bits per heavy atom. The van der Waals surface area contributed by atoms with Gasteiger partial charge in [0.25, 0.3) is 10.2 Å². The summed E-state index contributed by atoms with van der Waals surface area (Å²) in [6.07, 6.45) is 2.58. The Labute approximate surface area is 109 Å². The first-order chi connectivity index (χ1) is 8.38. The molecule has 1 heterocycles. The van der Waals surface area contributed by atoms with Crippen LogP contribution in [0.15, 0.2) is 0 Å². The predicted molar refractivity (Wildman–Crippen MR) is 69.3 cm³/mol. The SMILES string of the molecule is CC1CN(S(=O)(=O)NC2CCCC2N)CC(C)O1. The highest BCUT2D eigenvalue weighted by molar-refractivity contribution is 7.87. The van der Waals surface area contributed by atoms with Crippen LogP contribution in [-0.4, -0.2) is 50.1 Å². The van der Waals surface area contributed by atoms with Crippen molar-refractivity contribution in [2.45, 2.75) is 57.4 Å². The lowest BCUT2D eigenvalue weighted by Gasteiger charge is -2.35. The molecule has 0 spiro atoms. The average molecular weight is 277 g/mol. The standard InChI is InChI=1S/C11H23N3O3S/c1-8-6-14(7-9(2)17-8)18(15,16)13-11-5-3-4-10(11)12/h8-11,13H,3-7,12H2,1-2H3. The summed E-state index contributed by atoms with van der Waals surface area (Å²) >= 11 is 0. The largest absolute Gasteiger partial charge is 0.373 e. The van der Waals surface area contributed by atoms with E-state index in [1.54, 1.807) is 0 Å². The molecule has 6 nitrogen and oxygen atoms in total. The number of ether oxygens (including phenoxy) is 1. The van der Waals surface area contributed by atoms with Crippen molar-refractivity contribution in [3.05, 3.63) is 0 Å². The second-order valence-corrected chi connectivity index (χ2v) is 7.10. The van der Waals surface area contributed by atoms with Crippen LogP contribution < -0.4 is 10.5 Å². The lowest BCUT2D eigenvalue weighted by Crippen LogP contribution is -2.55. The first-order valence-corrected chi connectivity index (χ1v) is 8.01. The summed E-state index contributed by atoms with van der Waals surface area (Å²) in [7, 11) is -3.44. The highest BCUT2D eigenvalue weighted by Crippen LogP contribution is 2.20. The first-order valence-electron chi connectivity index (χ1n) is 6.57. The quantitative estimate of drug-likeness (QED) is 0.749. The van der Waals surface area contributed by atoms with Gasteiger partial charge in [-0.25, -0.2) is 0 Å². The second kappa shape index (κ2) is 5.42. The average Bonchev–Trinajstić information content (AvgIpc) is 2.62. The molecule has 0 aromatic carbocycles. The molecule has 1 saturated heterocycles. The van der Waals surface area contributed by atoms with E-state index >= 15 is 0 Å². The lowest BCUT2D eigenvalue weighted by molar-refractivity contribution is -0.0444. The van der Waals surface area contributed by atoms with Gasteiger partial charge >= 0.3 is 0 Å². The Morgan fingerprint density at radius 2 is 1.83 bits per heavy atom. The van der Waals surface area contributed by atoms with Crippen molar-refractivity contribution >= 4 is 10.2 Å². The molecule has 1 aliphatic carbocycles. The maximum absolute atomic E-state index is 12.3. The fourth-order valence-corrected chi connectivity index (χ4v) is 4.36. The molecule has 4 atom stereocenters. The minimum absolute atomic E-state index is 0.0596. The van der Waals surface area contributed by atoms with Crippen molar-refractivity contribution < 1.29 is 13.2 Å². The molecule has 106 valence electrons. The van der Waals surface area contributed by atoms with Crippen LogP contribution in [0, 0.1) is 0 Å². The maximum Gasteiger partial charge on any atom is 0.279 e. The van der Waals surface area contributed by atoms with E-state index in [0.29, 0.717) is 13.1 Å². The van der Waals surface area contributed by atoms with Gasteiger partial charge in [-0.2, -0.15) is 17.4 Å². The van der Waals surface area contributed by atoms with Gasteiger partial charge in [-0.15, -0.1) is 0 Å². The van der Waals surface area contributed by atoms with E-state index in [1.165, 1.54) is 4.31 Å². The molecule has 1 saturated carbocycles. The molecule has 2 fully saturated rings. The molecule has 4 unspecified atom stereocenters. The Hall–Kier alpha value is -0.210. The molecule has 2 aliphatic rings. The van der Waals surface area contributed by atoms with Crippen LogP contribution in [0.1, 0.15) is 33.1 Å². The van der Waals surface area contributed by atoms with Crippen molar-refractivity contribution in [1.29, 1.82) is 0 Å². The normalized spacial score (nSPS) is 39.1. The number of hydrogen-bond acceptors (Lipinski definition) is 4. The van der Waals surface area contributed by atoms with E-state index in [-0.39, 0.29) is 24.3 Å². The summed E-state index contributed by atoms with van der Waals surface area (Å²) in [4.78, 5) is 0. The third kappa shape index (κ3) is 3.21. The molecule has 0 bridgehead atoms. The van der Waals surface area contributed by atoms with Gasteiger partial charge < -0.3 is 10.5 Å². The monoisotopic (exact) mass is 277 g/mol. The van der Waals surface area contributed by atoms with Crippen LogP contribution in [-0.2, 0) is 14.9 Å². The van der Waals surface area contributed by atoms with Crippen molar-refractivity contribution in [3.63, 3.8) is 0 Å². The van der Waals surface area contributed by atoms with Crippen LogP contribution in [0.2, 0.25) is 0 Å². The Morgan fingerprint density at radius 1 is 1.22 bits per heavy atom. The van der Waals surface area contributed by atoms with Gasteiger partial charge in [0.15, 0.2) is 0 Å². The molecule has 0 radical (unpaired) electrons. The number of morpholine rings is 1. The van der Waals surface area contributed by atoms with Gasteiger partial charge in [-0.1, -0.05) is 6.42 Å². The van der Waals surface area contributed by atoms with Crippen LogP contribution in [0.3, 0.4) is 0 Å². The highest BCUT2D eigenvalue weighted by atomic mass is 32.2. The van der Waals surface area contributed by atoms with Crippen molar-refractivity contribution in [3.8, 4) is 0 Å². The van der Waals surface area contributed by atoms with Crippen LogP contribution in [0.4, 0.5) is 0 Å². The summed E-state index contributed by atoms with van der Waals surface area (Å²) in [6.45, 7) is 4.59. The number of nitrogens with one attached hydrogen (secondary N) is 1. The third-order valence-electron chi connectivity index (χ3n) is 3.60.